The predicted octanol–water partition coefficient (Wildman–Crippen LogP) is 3.02. The van der Waals surface area contributed by atoms with Crippen LogP contribution in [0.5, 0.6) is 0 Å². The van der Waals surface area contributed by atoms with Crippen LogP contribution in [0.1, 0.15) is 30.5 Å². The molecule has 1 spiro atoms. The number of benzene rings is 2. The molecule has 0 bridgehead atoms. The summed E-state index contributed by atoms with van der Waals surface area (Å²) in [6.45, 7) is 7.80. The van der Waals surface area contributed by atoms with Crippen molar-refractivity contribution in [1.82, 2.24) is 5.32 Å². The van der Waals surface area contributed by atoms with E-state index in [1.54, 1.807) is 25.1 Å². The first kappa shape index (κ1) is 23.0. The maximum absolute atomic E-state index is 14.3. The number of urea groups is 1. The molecule has 182 valence electrons. The fourth-order valence-corrected chi connectivity index (χ4v) is 5.90. The highest BCUT2D eigenvalue weighted by atomic mass is 16.6. The number of barbiturate groups is 1. The van der Waals surface area contributed by atoms with Crippen molar-refractivity contribution in [3.8, 4) is 0 Å². The molecule has 3 aliphatic heterocycles. The molecule has 2 aromatic rings. The molecule has 0 aromatic heterocycles. The third kappa shape index (κ3) is 3.31. The number of morpholine rings is 1. The summed E-state index contributed by atoms with van der Waals surface area (Å²) in [7, 11) is 0. The molecular weight excluding hydrogens is 452 g/mol. The van der Waals surface area contributed by atoms with Gasteiger partial charge in [-0.15, -0.1) is 0 Å². The Labute approximate surface area is 202 Å². The van der Waals surface area contributed by atoms with E-state index < -0.39 is 40.3 Å². The van der Waals surface area contributed by atoms with Crippen LogP contribution in [0.25, 0.3) is 0 Å². The molecule has 0 aliphatic carbocycles. The van der Waals surface area contributed by atoms with E-state index >= 15 is 0 Å². The molecule has 2 saturated heterocycles. The molecule has 0 radical (unpaired) electrons. The number of nitrogens with zero attached hydrogens (tertiary/aromatic N) is 3. The minimum atomic E-state index is -1.72. The maximum Gasteiger partial charge on any atom is 0.335 e. The standard InChI is InChI=1S/C25H26N4O6/c1-13-5-7-19(14(2)9-13)28-23(31)25(22(30)26-24(28)32)11-17-10-18(29(33)34)6-8-20(17)27-12-15(3)35-16(4)21(25)27/h5-10,15-16,21H,11-12H2,1-4H3,(H,26,30,32)/t15-,16-,21+,25-/m1/s1. The van der Waals surface area contributed by atoms with Gasteiger partial charge in [-0.25, -0.2) is 9.69 Å². The molecule has 4 amide bonds. The Kier molecular flexibility index (Phi) is 5.17. The van der Waals surface area contributed by atoms with Gasteiger partial charge in [0.25, 0.3) is 11.6 Å². The first-order chi connectivity index (χ1) is 16.5. The monoisotopic (exact) mass is 478 g/mol. The van der Waals surface area contributed by atoms with Crippen LogP contribution in [-0.4, -0.2) is 47.6 Å². The number of nitro groups is 1. The number of hydrogen-bond acceptors (Lipinski definition) is 7. The Morgan fingerprint density at radius 1 is 1.09 bits per heavy atom. The molecule has 10 nitrogen and oxygen atoms in total. The van der Waals surface area contributed by atoms with Gasteiger partial charge in [-0.3, -0.25) is 25.0 Å². The Hall–Kier alpha value is -3.79. The summed E-state index contributed by atoms with van der Waals surface area (Å²) < 4.78 is 6.08. The lowest BCUT2D eigenvalue weighted by molar-refractivity contribution is -0.384. The quantitative estimate of drug-likeness (QED) is 0.400. The number of amides is 4. The number of aryl methyl sites for hydroxylation is 2. The van der Waals surface area contributed by atoms with Crippen molar-refractivity contribution in [2.45, 2.75) is 52.4 Å². The zero-order chi connectivity index (χ0) is 25.2. The second-order valence-electron chi connectivity index (χ2n) is 9.66. The third-order valence-electron chi connectivity index (χ3n) is 7.25. The Morgan fingerprint density at radius 3 is 2.49 bits per heavy atom. The van der Waals surface area contributed by atoms with E-state index in [2.05, 4.69) is 5.32 Å². The van der Waals surface area contributed by atoms with Crippen molar-refractivity contribution >= 4 is 34.9 Å². The van der Waals surface area contributed by atoms with Crippen molar-refractivity contribution in [2.24, 2.45) is 5.41 Å². The van der Waals surface area contributed by atoms with Crippen LogP contribution in [0.3, 0.4) is 0 Å². The van der Waals surface area contributed by atoms with Crippen LogP contribution >= 0.6 is 0 Å². The summed E-state index contributed by atoms with van der Waals surface area (Å²) >= 11 is 0. The summed E-state index contributed by atoms with van der Waals surface area (Å²) in [4.78, 5) is 54.9. The van der Waals surface area contributed by atoms with E-state index in [0.29, 0.717) is 23.4 Å². The summed E-state index contributed by atoms with van der Waals surface area (Å²) in [5.41, 5.74) is 1.46. The van der Waals surface area contributed by atoms with Crippen LogP contribution in [0, 0.1) is 29.4 Å². The van der Waals surface area contributed by atoms with Crippen LogP contribution in [0.2, 0.25) is 0 Å². The predicted molar refractivity (Wildman–Crippen MR) is 127 cm³/mol. The lowest BCUT2D eigenvalue weighted by Crippen LogP contribution is -2.76. The van der Waals surface area contributed by atoms with E-state index in [9.17, 15) is 24.5 Å². The number of imide groups is 2. The van der Waals surface area contributed by atoms with Crippen molar-refractivity contribution in [2.75, 3.05) is 16.3 Å². The number of nitrogens with one attached hydrogen (secondary N) is 1. The second kappa shape index (κ2) is 7.88. The zero-order valence-electron chi connectivity index (χ0n) is 19.9. The number of ether oxygens (including phenoxy) is 1. The second-order valence-corrected chi connectivity index (χ2v) is 9.66. The average Bonchev–Trinajstić information content (AvgIpc) is 2.78. The summed E-state index contributed by atoms with van der Waals surface area (Å²) in [6, 6.07) is 8.33. The topological polar surface area (TPSA) is 122 Å². The van der Waals surface area contributed by atoms with Gasteiger partial charge >= 0.3 is 6.03 Å². The molecule has 2 aromatic carbocycles. The van der Waals surface area contributed by atoms with Gasteiger partial charge in [0.2, 0.25) is 5.91 Å². The first-order valence-electron chi connectivity index (χ1n) is 11.5. The molecule has 35 heavy (non-hydrogen) atoms. The molecule has 0 saturated carbocycles. The summed E-state index contributed by atoms with van der Waals surface area (Å²) in [5, 5.41) is 13.9. The van der Waals surface area contributed by atoms with E-state index in [-0.39, 0.29) is 18.2 Å². The highest BCUT2D eigenvalue weighted by molar-refractivity contribution is 6.31. The lowest BCUT2D eigenvalue weighted by atomic mass is 9.66. The molecule has 3 heterocycles. The van der Waals surface area contributed by atoms with Crippen LogP contribution < -0.4 is 15.1 Å². The highest BCUT2D eigenvalue weighted by Gasteiger charge is 2.65. The van der Waals surface area contributed by atoms with E-state index in [1.807, 2.05) is 31.7 Å². The van der Waals surface area contributed by atoms with Crippen molar-refractivity contribution in [1.29, 1.82) is 0 Å². The zero-order valence-corrected chi connectivity index (χ0v) is 19.9. The van der Waals surface area contributed by atoms with Gasteiger partial charge in [-0.2, -0.15) is 0 Å². The fourth-order valence-electron chi connectivity index (χ4n) is 5.90. The molecule has 2 fully saturated rings. The van der Waals surface area contributed by atoms with Crippen molar-refractivity contribution in [3.63, 3.8) is 0 Å². The summed E-state index contributed by atoms with van der Waals surface area (Å²) in [5.74, 6) is -1.37. The SMILES string of the molecule is Cc1ccc(N2C(=O)NC(=O)[C@]3(Cc4cc([N+](=O)[O-])ccc4N4C[C@@H](C)O[C@H](C)[C@H]43)C2=O)c(C)c1. The molecule has 1 N–H and O–H groups in total. The lowest BCUT2D eigenvalue weighted by Gasteiger charge is -2.56. The van der Waals surface area contributed by atoms with Gasteiger partial charge in [-0.1, -0.05) is 17.7 Å². The first-order valence-corrected chi connectivity index (χ1v) is 11.5. The average molecular weight is 479 g/mol. The number of non-ortho nitro benzene ring substituents is 1. The number of hydrogen-bond donors (Lipinski definition) is 1. The number of carbonyl (C=O) groups excluding carboxylic acids is 3. The van der Waals surface area contributed by atoms with Crippen molar-refractivity contribution < 1.29 is 24.0 Å². The molecule has 4 atom stereocenters. The van der Waals surface area contributed by atoms with Crippen LogP contribution in [0.15, 0.2) is 36.4 Å². The Balaban J connectivity index is 1.72. The minimum absolute atomic E-state index is 0.0907. The van der Waals surface area contributed by atoms with Crippen molar-refractivity contribution in [3.05, 3.63) is 63.2 Å². The van der Waals surface area contributed by atoms with E-state index in [1.165, 1.54) is 12.1 Å². The number of nitro benzene ring substituents is 1. The molecule has 5 rings (SSSR count). The number of fused-ring (bicyclic) bond motifs is 4. The molecule has 10 heteroatoms. The summed E-state index contributed by atoms with van der Waals surface area (Å²) in [6.07, 6.45) is -0.809. The molecule has 3 aliphatic rings. The number of rotatable bonds is 2. The van der Waals surface area contributed by atoms with Crippen LogP contribution in [0.4, 0.5) is 21.9 Å². The van der Waals surface area contributed by atoms with Gasteiger partial charge in [0.1, 0.15) is 0 Å². The minimum Gasteiger partial charge on any atom is -0.372 e. The van der Waals surface area contributed by atoms with E-state index in [0.717, 1.165) is 16.2 Å². The maximum atomic E-state index is 14.3. The van der Waals surface area contributed by atoms with Gasteiger partial charge in [0, 0.05) is 30.8 Å². The fraction of sp³-hybridized carbons (Fsp3) is 0.400. The van der Waals surface area contributed by atoms with Gasteiger partial charge in [0.05, 0.1) is 28.9 Å². The number of carbonyl (C=O) groups is 3. The van der Waals surface area contributed by atoms with Gasteiger partial charge in [0.15, 0.2) is 5.41 Å². The highest BCUT2D eigenvalue weighted by Crippen LogP contribution is 2.49. The van der Waals surface area contributed by atoms with E-state index in [4.69, 9.17) is 4.74 Å². The van der Waals surface area contributed by atoms with Gasteiger partial charge < -0.3 is 9.64 Å². The Morgan fingerprint density at radius 2 is 1.80 bits per heavy atom. The molecule has 0 unspecified atom stereocenters. The van der Waals surface area contributed by atoms with Crippen LogP contribution in [-0.2, 0) is 20.7 Å². The Bertz CT molecular complexity index is 1290. The third-order valence-corrected chi connectivity index (χ3v) is 7.25. The van der Waals surface area contributed by atoms with Gasteiger partial charge in [-0.05, 0) is 51.0 Å². The largest absolute Gasteiger partial charge is 0.372 e. The number of anilines is 2. The molecular formula is C25H26N4O6. The normalized spacial score (nSPS) is 28.0. The smallest absolute Gasteiger partial charge is 0.335 e.